The minimum absolute atomic E-state index is 0.0463. The first-order chi connectivity index (χ1) is 12.0. The summed E-state index contributed by atoms with van der Waals surface area (Å²) in [5, 5.41) is 12.9. The lowest BCUT2D eigenvalue weighted by Gasteiger charge is -2.38. The summed E-state index contributed by atoms with van der Waals surface area (Å²) in [6, 6.07) is 3.69. The Labute approximate surface area is 145 Å². The first-order valence-corrected chi connectivity index (χ1v) is 8.18. The standard InChI is InChI=1S/C17H20N6O2/c1-10-4-7-23(14(24)2-5-18)9-13(10)22-15-11-3-6-20-17(11)21-8-12(15)16(19)25/h3,6,8,10,13H,2,4,7,9H2,1H3,(H2,19,25)(H2,20,21,22)/t10-,13+/m1/s1. The number of nitrogens with one attached hydrogen (secondary N) is 2. The molecule has 25 heavy (non-hydrogen) atoms. The van der Waals surface area contributed by atoms with Gasteiger partial charge in [-0.15, -0.1) is 0 Å². The largest absolute Gasteiger partial charge is 0.379 e. The first-order valence-electron chi connectivity index (χ1n) is 8.18. The van der Waals surface area contributed by atoms with E-state index in [0.29, 0.717) is 35.9 Å². The predicted octanol–water partition coefficient (Wildman–Crippen LogP) is 1.22. The third-order valence-corrected chi connectivity index (χ3v) is 4.72. The van der Waals surface area contributed by atoms with Crippen LogP contribution < -0.4 is 11.1 Å². The molecule has 2 atom stereocenters. The second kappa shape index (κ2) is 6.81. The van der Waals surface area contributed by atoms with Gasteiger partial charge in [-0.3, -0.25) is 9.59 Å². The van der Waals surface area contributed by atoms with Crippen molar-refractivity contribution in [3.05, 3.63) is 24.0 Å². The average molecular weight is 340 g/mol. The van der Waals surface area contributed by atoms with E-state index in [1.807, 2.05) is 12.1 Å². The maximum atomic E-state index is 12.0. The van der Waals surface area contributed by atoms with Gasteiger partial charge in [0.1, 0.15) is 12.1 Å². The van der Waals surface area contributed by atoms with Gasteiger partial charge in [0.2, 0.25) is 5.91 Å². The molecule has 0 spiro atoms. The number of pyridine rings is 1. The van der Waals surface area contributed by atoms with Crippen molar-refractivity contribution >= 4 is 28.5 Å². The molecular weight excluding hydrogens is 320 g/mol. The van der Waals surface area contributed by atoms with Crippen LogP contribution in [0.5, 0.6) is 0 Å². The highest BCUT2D eigenvalue weighted by Gasteiger charge is 2.30. The summed E-state index contributed by atoms with van der Waals surface area (Å²) in [5.41, 5.74) is 7.11. The van der Waals surface area contributed by atoms with Crippen molar-refractivity contribution in [2.24, 2.45) is 11.7 Å². The van der Waals surface area contributed by atoms with Gasteiger partial charge in [0.25, 0.3) is 5.91 Å². The number of aromatic nitrogens is 2. The fourth-order valence-electron chi connectivity index (χ4n) is 3.20. The van der Waals surface area contributed by atoms with E-state index in [2.05, 4.69) is 22.2 Å². The van der Waals surface area contributed by atoms with Crippen LogP contribution in [0.2, 0.25) is 0 Å². The van der Waals surface area contributed by atoms with E-state index in [-0.39, 0.29) is 18.4 Å². The van der Waals surface area contributed by atoms with Crippen LogP contribution in [0.1, 0.15) is 30.1 Å². The van der Waals surface area contributed by atoms with Crippen LogP contribution in [-0.4, -0.2) is 45.8 Å². The van der Waals surface area contributed by atoms with Crippen LogP contribution in [0.4, 0.5) is 5.69 Å². The number of carbonyl (C=O) groups is 2. The Kier molecular flexibility index (Phi) is 4.57. The third kappa shape index (κ3) is 3.26. The monoisotopic (exact) mass is 340 g/mol. The van der Waals surface area contributed by atoms with Crippen molar-refractivity contribution in [2.75, 3.05) is 18.4 Å². The molecule has 1 aliphatic heterocycles. The maximum Gasteiger partial charge on any atom is 0.252 e. The summed E-state index contributed by atoms with van der Waals surface area (Å²) in [4.78, 5) is 32.8. The molecule has 1 saturated heterocycles. The van der Waals surface area contributed by atoms with E-state index in [9.17, 15) is 9.59 Å². The number of amides is 2. The summed E-state index contributed by atoms with van der Waals surface area (Å²) in [6.07, 6.45) is 3.91. The molecular formula is C17H20N6O2. The van der Waals surface area contributed by atoms with Crippen LogP contribution in [0.15, 0.2) is 18.5 Å². The minimum atomic E-state index is -0.557. The fraction of sp³-hybridized carbons (Fsp3) is 0.412. The second-order valence-electron chi connectivity index (χ2n) is 6.34. The van der Waals surface area contributed by atoms with Crippen molar-refractivity contribution in [3.8, 4) is 6.07 Å². The topological polar surface area (TPSA) is 128 Å². The van der Waals surface area contributed by atoms with E-state index in [1.165, 1.54) is 6.20 Å². The van der Waals surface area contributed by atoms with Crippen LogP contribution in [0.25, 0.3) is 11.0 Å². The lowest BCUT2D eigenvalue weighted by Crippen LogP contribution is -2.49. The molecule has 1 fully saturated rings. The highest BCUT2D eigenvalue weighted by Crippen LogP contribution is 2.29. The molecule has 2 amide bonds. The lowest BCUT2D eigenvalue weighted by molar-refractivity contribution is -0.131. The number of anilines is 1. The van der Waals surface area contributed by atoms with Crippen LogP contribution >= 0.6 is 0 Å². The van der Waals surface area contributed by atoms with E-state index < -0.39 is 5.91 Å². The normalized spacial score (nSPS) is 20.2. The van der Waals surface area contributed by atoms with Crippen LogP contribution in [0.3, 0.4) is 0 Å². The smallest absolute Gasteiger partial charge is 0.252 e. The Balaban J connectivity index is 1.90. The number of H-pyrrole nitrogens is 1. The summed E-state index contributed by atoms with van der Waals surface area (Å²) in [6.45, 7) is 3.22. The first kappa shape index (κ1) is 16.8. The zero-order valence-electron chi connectivity index (χ0n) is 14.0. The Morgan fingerprint density at radius 2 is 2.36 bits per heavy atom. The highest BCUT2D eigenvalue weighted by molar-refractivity contribution is 6.06. The number of rotatable bonds is 4. The van der Waals surface area contributed by atoms with E-state index in [0.717, 1.165) is 11.8 Å². The molecule has 2 aromatic rings. The number of hydrogen-bond acceptors (Lipinski definition) is 5. The van der Waals surface area contributed by atoms with Crippen LogP contribution in [-0.2, 0) is 4.79 Å². The Morgan fingerprint density at radius 1 is 1.56 bits per heavy atom. The van der Waals surface area contributed by atoms with Gasteiger partial charge < -0.3 is 20.9 Å². The molecule has 0 saturated carbocycles. The molecule has 0 radical (unpaired) electrons. The molecule has 3 heterocycles. The summed E-state index contributed by atoms with van der Waals surface area (Å²) in [5.74, 6) is -0.425. The van der Waals surface area contributed by atoms with Crippen molar-refractivity contribution < 1.29 is 9.59 Å². The highest BCUT2D eigenvalue weighted by atomic mass is 16.2. The van der Waals surface area contributed by atoms with E-state index in [4.69, 9.17) is 11.0 Å². The number of fused-ring (bicyclic) bond motifs is 1. The minimum Gasteiger partial charge on any atom is -0.379 e. The maximum absolute atomic E-state index is 12.0. The number of nitriles is 1. The Bertz CT molecular complexity index is 852. The van der Waals surface area contributed by atoms with Gasteiger partial charge in [0.05, 0.1) is 17.3 Å². The number of hydrogen-bond donors (Lipinski definition) is 3. The van der Waals surface area contributed by atoms with Crippen molar-refractivity contribution in [1.82, 2.24) is 14.9 Å². The van der Waals surface area contributed by atoms with Gasteiger partial charge in [-0.1, -0.05) is 6.92 Å². The second-order valence-corrected chi connectivity index (χ2v) is 6.34. The van der Waals surface area contributed by atoms with Crippen molar-refractivity contribution in [2.45, 2.75) is 25.8 Å². The summed E-state index contributed by atoms with van der Waals surface area (Å²) >= 11 is 0. The number of nitrogens with two attached hydrogens (primary N) is 1. The van der Waals surface area contributed by atoms with Gasteiger partial charge in [-0.25, -0.2) is 4.98 Å². The molecule has 0 aliphatic carbocycles. The Morgan fingerprint density at radius 3 is 3.08 bits per heavy atom. The lowest BCUT2D eigenvalue weighted by atomic mass is 9.92. The third-order valence-electron chi connectivity index (χ3n) is 4.72. The zero-order chi connectivity index (χ0) is 18.0. The average Bonchev–Trinajstić information content (AvgIpc) is 3.06. The van der Waals surface area contributed by atoms with Gasteiger partial charge in [0.15, 0.2) is 0 Å². The van der Waals surface area contributed by atoms with Crippen molar-refractivity contribution in [3.63, 3.8) is 0 Å². The number of aromatic amines is 1. The zero-order valence-corrected chi connectivity index (χ0v) is 14.0. The van der Waals surface area contributed by atoms with Gasteiger partial charge in [-0.05, 0) is 18.4 Å². The molecule has 130 valence electrons. The summed E-state index contributed by atoms with van der Waals surface area (Å²) < 4.78 is 0. The van der Waals surface area contributed by atoms with E-state index in [1.54, 1.807) is 11.1 Å². The number of nitrogens with zero attached hydrogens (tertiary/aromatic N) is 3. The molecule has 0 bridgehead atoms. The van der Waals surface area contributed by atoms with E-state index >= 15 is 0 Å². The number of likely N-dealkylation sites (tertiary alicyclic amines) is 1. The molecule has 0 aromatic carbocycles. The molecule has 8 nitrogen and oxygen atoms in total. The number of primary amides is 1. The quantitative estimate of drug-likeness (QED) is 0.771. The molecule has 2 aromatic heterocycles. The number of carbonyl (C=O) groups excluding carboxylic acids is 2. The van der Waals surface area contributed by atoms with Gasteiger partial charge in [-0.2, -0.15) is 5.26 Å². The van der Waals surface area contributed by atoms with Crippen molar-refractivity contribution in [1.29, 1.82) is 5.26 Å². The van der Waals surface area contributed by atoms with Gasteiger partial charge in [0, 0.05) is 36.9 Å². The molecule has 4 N–H and O–H groups in total. The van der Waals surface area contributed by atoms with Gasteiger partial charge >= 0.3 is 0 Å². The SMILES string of the molecule is C[C@@H]1CCN(C(=O)CC#N)C[C@@H]1Nc1c(C(N)=O)cnc2[nH]ccc12. The fourth-order valence-corrected chi connectivity index (χ4v) is 3.20. The summed E-state index contributed by atoms with van der Waals surface area (Å²) in [7, 11) is 0. The molecule has 0 unspecified atom stereocenters. The molecule has 8 heteroatoms. The Hall–Kier alpha value is -3.08. The number of piperidine rings is 1. The predicted molar refractivity (Wildman–Crippen MR) is 92.6 cm³/mol. The molecule has 1 aliphatic rings. The van der Waals surface area contributed by atoms with Crippen LogP contribution in [0, 0.1) is 17.2 Å². The molecule has 3 rings (SSSR count).